The standard InChI is InChI=1S/C41H48O15/c1-9-20-40-53-36-25(16(6)10-18-23(14(2)3)31(44)33(46)29(27(18)36)38(48)55-40)26-17(7)11-19-24(15(4)5)32(45)34(47)30-28(19)37(26)54-41(56-39(30)49)35(50-8)21(52-20)12-51-13-22(42)43/h10-11,14-15,20-21,35,38-41,44-49H,9,12-13H2,1-8H3,(H,42,43)/t20-,21?,35+,38?,39?,40?,41?/m0/s1. The highest BCUT2D eigenvalue weighted by molar-refractivity contribution is 6.09. The summed E-state index contributed by atoms with van der Waals surface area (Å²) < 4.78 is 44.1. The second kappa shape index (κ2) is 14.7. The zero-order valence-electron chi connectivity index (χ0n) is 32.4. The number of hydrogen-bond donors (Lipinski definition) is 7. The normalized spacial score (nSPS) is 24.5. The molecule has 7 atom stereocenters. The number of carbonyl (C=O) groups is 1. The van der Waals surface area contributed by atoms with E-state index in [0.717, 1.165) is 0 Å². The van der Waals surface area contributed by atoms with Gasteiger partial charge in [-0.1, -0.05) is 46.8 Å². The fourth-order valence-corrected chi connectivity index (χ4v) is 8.52. The van der Waals surface area contributed by atoms with E-state index in [0.29, 0.717) is 44.2 Å². The lowest BCUT2D eigenvalue weighted by molar-refractivity contribution is -0.282. The minimum absolute atomic E-state index is 0.104. The number of aliphatic hydroxyl groups excluding tert-OH is 2. The van der Waals surface area contributed by atoms with Gasteiger partial charge in [0.2, 0.25) is 12.6 Å². The largest absolute Gasteiger partial charge is 0.504 e. The summed E-state index contributed by atoms with van der Waals surface area (Å²) in [6.45, 7) is 11.7. The highest BCUT2D eigenvalue weighted by Gasteiger charge is 2.45. The molecule has 0 aliphatic carbocycles. The molecular weight excluding hydrogens is 732 g/mol. The number of aliphatic carboxylic acids is 1. The zero-order valence-corrected chi connectivity index (χ0v) is 32.4. The van der Waals surface area contributed by atoms with Crippen LogP contribution in [0.3, 0.4) is 0 Å². The molecule has 3 heterocycles. The lowest BCUT2D eigenvalue weighted by atomic mass is 9.83. The molecule has 0 fully saturated rings. The van der Waals surface area contributed by atoms with Crippen molar-refractivity contribution in [2.24, 2.45) is 0 Å². The lowest BCUT2D eigenvalue weighted by Gasteiger charge is -2.37. The molecule has 0 radical (unpaired) electrons. The van der Waals surface area contributed by atoms with Crippen LogP contribution in [-0.2, 0) is 28.5 Å². The number of benzene rings is 4. The minimum atomic E-state index is -1.89. The van der Waals surface area contributed by atoms with Crippen LogP contribution in [0.4, 0.5) is 0 Å². The van der Waals surface area contributed by atoms with Crippen LogP contribution >= 0.6 is 0 Å². The Kier molecular flexibility index (Phi) is 10.4. The molecule has 3 aliphatic heterocycles. The Morgan fingerprint density at radius 3 is 1.62 bits per heavy atom. The molecule has 15 heteroatoms. The van der Waals surface area contributed by atoms with E-state index < -0.39 is 85.7 Å². The van der Waals surface area contributed by atoms with E-state index in [1.54, 1.807) is 6.92 Å². The second-order valence-corrected chi connectivity index (χ2v) is 15.2. The van der Waals surface area contributed by atoms with Crippen molar-refractivity contribution in [1.29, 1.82) is 0 Å². The van der Waals surface area contributed by atoms with E-state index in [2.05, 4.69) is 0 Å². The Hall–Kier alpha value is -4.61. The Bertz CT molecular complexity index is 2230. The molecule has 0 spiro atoms. The summed E-state index contributed by atoms with van der Waals surface area (Å²) in [6, 6.07) is 3.63. The third-order valence-corrected chi connectivity index (χ3v) is 10.9. The Morgan fingerprint density at radius 1 is 0.732 bits per heavy atom. The Labute approximate surface area is 322 Å². The van der Waals surface area contributed by atoms with Crippen LogP contribution in [0, 0.1) is 13.8 Å². The van der Waals surface area contributed by atoms with Crippen molar-refractivity contribution < 1.29 is 73.7 Å². The van der Waals surface area contributed by atoms with Gasteiger partial charge in [0.1, 0.15) is 36.4 Å². The summed E-state index contributed by atoms with van der Waals surface area (Å²) in [4.78, 5) is 11.5. The van der Waals surface area contributed by atoms with Crippen molar-refractivity contribution in [3.63, 3.8) is 0 Å². The van der Waals surface area contributed by atoms with Crippen molar-refractivity contribution >= 4 is 27.5 Å². The molecule has 15 nitrogen and oxygen atoms in total. The number of methoxy groups -OCH3 is 1. The monoisotopic (exact) mass is 780 g/mol. The number of hydrogen-bond acceptors (Lipinski definition) is 14. The van der Waals surface area contributed by atoms with E-state index in [9.17, 15) is 40.5 Å². The van der Waals surface area contributed by atoms with E-state index in [4.69, 9.17) is 33.2 Å². The van der Waals surface area contributed by atoms with Crippen molar-refractivity contribution in [2.45, 2.75) is 110 Å². The molecular formula is C41H48O15. The number of aryl methyl sites for hydroxylation is 2. The fourth-order valence-electron chi connectivity index (χ4n) is 8.52. The molecule has 0 saturated carbocycles. The first-order valence-corrected chi connectivity index (χ1v) is 18.6. The van der Waals surface area contributed by atoms with E-state index >= 15 is 0 Å². The first-order valence-electron chi connectivity index (χ1n) is 18.6. The van der Waals surface area contributed by atoms with Crippen molar-refractivity contribution in [2.75, 3.05) is 20.3 Å². The number of rotatable bonds is 8. The number of carboxylic acid groups (broad SMARTS) is 1. The van der Waals surface area contributed by atoms with Crippen LogP contribution in [0.2, 0.25) is 0 Å². The SMILES string of the molecule is CC[C@@H]1OC(COCC(=O)O)[C@@H](OC)C2Oc3c(c(C)cc4c(C(C)C)c(O)c(O)c(c34)C(O)O2)-c2c(C)cc3c(C(C)C)c(O)c(O)c4c3c2OC1OC4O. The molecule has 56 heavy (non-hydrogen) atoms. The molecule has 7 rings (SSSR count). The molecule has 4 aromatic rings. The maximum absolute atomic E-state index is 11.8. The predicted molar refractivity (Wildman–Crippen MR) is 200 cm³/mol. The van der Waals surface area contributed by atoms with Gasteiger partial charge in [-0.3, -0.25) is 0 Å². The predicted octanol–water partition coefficient (Wildman–Crippen LogP) is 6.09. The van der Waals surface area contributed by atoms with E-state index in [-0.39, 0.29) is 51.7 Å². The summed E-state index contributed by atoms with van der Waals surface area (Å²) in [5.74, 6) is -3.70. The Morgan fingerprint density at radius 2 is 1.20 bits per heavy atom. The van der Waals surface area contributed by atoms with E-state index in [1.807, 2.05) is 53.7 Å². The fraction of sp³-hybridized carbons (Fsp3) is 0.488. The van der Waals surface area contributed by atoms with Gasteiger partial charge >= 0.3 is 5.97 Å². The van der Waals surface area contributed by atoms with Gasteiger partial charge in [0.15, 0.2) is 35.6 Å². The summed E-state index contributed by atoms with van der Waals surface area (Å²) >= 11 is 0. The highest BCUT2D eigenvalue weighted by Crippen LogP contribution is 2.59. The number of aromatic hydroxyl groups is 4. The number of phenolic OH excluding ortho intramolecular Hbond substituents is 4. The van der Waals surface area contributed by atoms with Gasteiger partial charge in [0.25, 0.3) is 0 Å². The van der Waals surface area contributed by atoms with Crippen molar-refractivity contribution in [3.8, 4) is 45.6 Å². The summed E-state index contributed by atoms with van der Waals surface area (Å²) in [5.41, 5.74) is 2.54. The molecule has 5 unspecified atom stereocenters. The smallest absolute Gasteiger partial charge is 0.329 e. The van der Waals surface area contributed by atoms with Gasteiger partial charge in [0.05, 0.1) is 17.7 Å². The van der Waals surface area contributed by atoms with Gasteiger partial charge in [-0.25, -0.2) is 4.79 Å². The minimum Gasteiger partial charge on any atom is -0.504 e. The van der Waals surface area contributed by atoms with Crippen LogP contribution in [0.5, 0.6) is 34.5 Å². The first kappa shape index (κ1) is 39.6. The lowest BCUT2D eigenvalue weighted by Crippen LogP contribution is -2.51. The average molecular weight is 781 g/mol. The van der Waals surface area contributed by atoms with Gasteiger partial charge in [-0.05, 0) is 54.0 Å². The molecule has 3 aliphatic rings. The van der Waals surface area contributed by atoms with Crippen LogP contribution in [0.15, 0.2) is 12.1 Å². The van der Waals surface area contributed by atoms with Crippen LogP contribution in [-0.4, -0.2) is 92.9 Å². The van der Waals surface area contributed by atoms with Crippen LogP contribution < -0.4 is 9.47 Å². The average Bonchev–Trinajstić information content (AvgIpc) is 3.36. The topological polar surface area (TPSA) is 223 Å². The molecule has 0 aromatic heterocycles. The summed E-state index contributed by atoms with van der Waals surface area (Å²) in [6.07, 6.45) is -9.97. The van der Waals surface area contributed by atoms with Crippen molar-refractivity contribution in [3.05, 3.63) is 45.5 Å². The van der Waals surface area contributed by atoms with Gasteiger partial charge < -0.3 is 68.9 Å². The number of ether oxygens (including phenoxy) is 7. The summed E-state index contributed by atoms with van der Waals surface area (Å²) in [7, 11) is 1.34. The number of carboxylic acids is 1. The molecule has 4 bridgehead atoms. The van der Waals surface area contributed by atoms with Gasteiger partial charge in [-0.2, -0.15) is 0 Å². The molecule has 7 N–H and O–H groups in total. The first-order chi connectivity index (χ1) is 26.5. The number of fused-ring (bicyclic) bond motifs is 3. The van der Waals surface area contributed by atoms with Crippen molar-refractivity contribution in [1.82, 2.24) is 0 Å². The maximum atomic E-state index is 11.8. The second-order valence-electron chi connectivity index (χ2n) is 15.2. The van der Waals surface area contributed by atoms with E-state index in [1.165, 1.54) is 7.11 Å². The quantitative estimate of drug-likeness (QED) is 0.101. The number of phenols is 4. The number of aliphatic hydroxyl groups is 2. The van der Waals surface area contributed by atoms with Gasteiger partial charge in [-0.15, -0.1) is 0 Å². The van der Waals surface area contributed by atoms with Crippen LogP contribution in [0.25, 0.3) is 32.7 Å². The third kappa shape index (κ3) is 6.13. The summed E-state index contributed by atoms with van der Waals surface area (Å²) in [5, 5.41) is 80.5. The van der Waals surface area contributed by atoms with Crippen LogP contribution in [0.1, 0.15) is 98.8 Å². The Balaban J connectivity index is 1.68. The molecule has 4 aromatic carbocycles. The molecule has 0 saturated heterocycles. The zero-order chi connectivity index (χ0) is 40.7. The third-order valence-electron chi connectivity index (χ3n) is 10.9. The molecule has 0 amide bonds. The molecule has 302 valence electrons. The maximum Gasteiger partial charge on any atom is 0.329 e. The highest BCUT2D eigenvalue weighted by atomic mass is 16.8. The van der Waals surface area contributed by atoms with Gasteiger partial charge in [0, 0.05) is 40.1 Å².